The molecule has 1 heterocycles. The number of phenolic OH excluding ortho intramolecular Hbond substituents is 1. The summed E-state index contributed by atoms with van der Waals surface area (Å²) in [5.41, 5.74) is 2.73. The summed E-state index contributed by atoms with van der Waals surface area (Å²) in [6, 6.07) is 20.1. The lowest BCUT2D eigenvalue weighted by atomic mass is 10.0. The average Bonchev–Trinajstić information content (AvgIpc) is 2.84. The van der Waals surface area contributed by atoms with E-state index in [1.165, 1.54) is 6.42 Å². The van der Waals surface area contributed by atoms with E-state index in [0.29, 0.717) is 5.69 Å². The lowest BCUT2D eigenvalue weighted by molar-refractivity contribution is 0.00708. The molecule has 6 heteroatoms. The van der Waals surface area contributed by atoms with Gasteiger partial charge in [0, 0.05) is 24.8 Å². The van der Waals surface area contributed by atoms with Gasteiger partial charge in [-0.05, 0) is 75.4 Å². The second-order valence-corrected chi connectivity index (χ2v) is 9.83. The summed E-state index contributed by atoms with van der Waals surface area (Å²) in [5, 5.41) is 13.5. The molecule has 0 bridgehead atoms. The standard InChI is InChI=1S/C29H32N2O4/c1-29(2,3)35-28(34)23-14-12-21(20-10-6-4-7-11-20)18-25(23)30-27(33)24-15-13-22(19-26(24)32)31-16-8-5-9-17-31/h4,6-7,10-15,18-19,32H,5,8-9,16-17H2,1-3H3,(H,30,33). The molecule has 6 nitrogen and oxygen atoms in total. The number of amides is 1. The molecule has 1 saturated heterocycles. The number of esters is 1. The summed E-state index contributed by atoms with van der Waals surface area (Å²) in [6.07, 6.45) is 3.45. The van der Waals surface area contributed by atoms with Crippen molar-refractivity contribution in [1.29, 1.82) is 0 Å². The van der Waals surface area contributed by atoms with Gasteiger partial charge in [0.15, 0.2) is 0 Å². The molecule has 1 aliphatic heterocycles. The summed E-state index contributed by atoms with van der Waals surface area (Å²) >= 11 is 0. The van der Waals surface area contributed by atoms with Crippen molar-refractivity contribution < 1.29 is 19.4 Å². The molecule has 182 valence electrons. The van der Waals surface area contributed by atoms with Crippen LogP contribution in [0.15, 0.2) is 66.7 Å². The number of ether oxygens (including phenoxy) is 1. The second-order valence-electron chi connectivity index (χ2n) is 9.83. The normalized spacial score (nSPS) is 13.9. The number of hydrogen-bond acceptors (Lipinski definition) is 5. The first-order valence-electron chi connectivity index (χ1n) is 12.0. The molecule has 0 spiro atoms. The van der Waals surface area contributed by atoms with Crippen LogP contribution in [0.1, 0.15) is 60.7 Å². The molecule has 1 aliphatic rings. The Balaban J connectivity index is 1.64. The number of nitrogens with one attached hydrogen (secondary N) is 1. The van der Waals surface area contributed by atoms with E-state index in [9.17, 15) is 14.7 Å². The van der Waals surface area contributed by atoms with Crippen LogP contribution in [0, 0.1) is 0 Å². The van der Waals surface area contributed by atoms with Crippen LogP contribution in [0.25, 0.3) is 11.1 Å². The van der Waals surface area contributed by atoms with Gasteiger partial charge in [0.2, 0.25) is 0 Å². The fourth-order valence-corrected chi connectivity index (χ4v) is 4.22. The summed E-state index contributed by atoms with van der Waals surface area (Å²) in [6.45, 7) is 7.27. The molecule has 0 atom stereocenters. The van der Waals surface area contributed by atoms with Crippen LogP contribution in [0.3, 0.4) is 0 Å². The molecular weight excluding hydrogens is 440 g/mol. The van der Waals surface area contributed by atoms with Gasteiger partial charge < -0.3 is 20.1 Å². The smallest absolute Gasteiger partial charge is 0.340 e. The largest absolute Gasteiger partial charge is 0.507 e. The fourth-order valence-electron chi connectivity index (χ4n) is 4.22. The van der Waals surface area contributed by atoms with E-state index in [1.54, 1.807) is 45.0 Å². The molecule has 0 saturated carbocycles. The van der Waals surface area contributed by atoms with Gasteiger partial charge in [-0.3, -0.25) is 4.79 Å². The van der Waals surface area contributed by atoms with Crippen LogP contribution >= 0.6 is 0 Å². The number of hydrogen-bond donors (Lipinski definition) is 2. The second kappa shape index (κ2) is 10.2. The monoisotopic (exact) mass is 472 g/mol. The minimum atomic E-state index is -0.682. The van der Waals surface area contributed by atoms with Crippen molar-refractivity contribution in [2.45, 2.75) is 45.6 Å². The van der Waals surface area contributed by atoms with E-state index < -0.39 is 17.5 Å². The Kier molecular flexibility index (Phi) is 7.10. The number of rotatable bonds is 5. The van der Waals surface area contributed by atoms with Crippen molar-refractivity contribution in [3.63, 3.8) is 0 Å². The third kappa shape index (κ3) is 6.01. The summed E-state index contributed by atoms with van der Waals surface area (Å²) < 4.78 is 5.56. The van der Waals surface area contributed by atoms with Gasteiger partial charge >= 0.3 is 5.97 Å². The SMILES string of the molecule is CC(C)(C)OC(=O)c1ccc(-c2ccccc2)cc1NC(=O)c1ccc(N2CCCCC2)cc1O. The van der Waals surface area contributed by atoms with Gasteiger partial charge in [-0.15, -0.1) is 0 Å². The summed E-state index contributed by atoms with van der Waals surface area (Å²) in [4.78, 5) is 28.3. The molecule has 0 unspecified atom stereocenters. The molecule has 35 heavy (non-hydrogen) atoms. The Labute approximate surface area is 206 Å². The molecule has 2 N–H and O–H groups in total. The Morgan fingerprint density at radius 2 is 1.54 bits per heavy atom. The van der Waals surface area contributed by atoms with Gasteiger partial charge in [0.25, 0.3) is 5.91 Å². The highest BCUT2D eigenvalue weighted by atomic mass is 16.6. The number of carbonyl (C=O) groups is 2. The van der Waals surface area contributed by atoms with E-state index in [4.69, 9.17) is 4.74 Å². The number of carbonyl (C=O) groups excluding carboxylic acids is 2. The fraction of sp³-hybridized carbons (Fsp3) is 0.310. The maximum absolute atomic E-state index is 13.2. The molecule has 1 amide bonds. The zero-order chi connectivity index (χ0) is 25.0. The van der Waals surface area contributed by atoms with Gasteiger partial charge in [-0.25, -0.2) is 4.79 Å². The molecule has 0 radical (unpaired) electrons. The number of piperidine rings is 1. The Hall–Kier alpha value is -3.80. The van der Waals surface area contributed by atoms with Crippen molar-refractivity contribution in [2.24, 2.45) is 0 Å². The number of benzene rings is 3. The highest BCUT2D eigenvalue weighted by molar-refractivity contribution is 6.10. The van der Waals surface area contributed by atoms with Crippen LogP contribution in [-0.4, -0.2) is 35.7 Å². The number of nitrogens with zero attached hydrogens (tertiary/aromatic N) is 1. The van der Waals surface area contributed by atoms with E-state index in [-0.39, 0.29) is 16.9 Å². The van der Waals surface area contributed by atoms with Crippen molar-refractivity contribution in [3.8, 4) is 16.9 Å². The topological polar surface area (TPSA) is 78.9 Å². The minimum absolute atomic E-state index is 0.0939. The van der Waals surface area contributed by atoms with Crippen molar-refractivity contribution in [1.82, 2.24) is 0 Å². The predicted molar refractivity (Wildman–Crippen MR) is 139 cm³/mol. The van der Waals surface area contributed by atoms with E-state index in [1.807, 2.05) is 42.5 Å². The summed E-state index contributed by atoms with van der Waals surface area (Å²) in [5.74, 6) is -1.12. The maximum Gasteiger partial charge on any atom is 0.340 e. The molecule has 0 aromatic heterocycles. The lowest BCUT2D eigenvalue weighted by Gasteiger charge is -2.29. The first kappa shape index (κ1) is 24.3. The van der Waals surface area contributed by atoms with Crippen LogP contribution in [0.2, 0.25) is 0 Å². The van der Waals surface area contributed by atoms with Gasteiger partial charge in [0.1, 0.15) is 11.4 Å². The van der Waals surface area contributed by atoms with Crippen molar-refractivity contribution in [2.75, 3.05) is 23.3 Å². The Bertz CT molecular complexity index is 1210. The van der Waals surface area contributed by atoms with E-state index in [2.05, 4.69) is 10.2 Å². The molecular formula is C29H32N2O4. The first-order valence-corrected chi connectivity index (χ1v) is 12.0. The molecule has 3 aromatic carbocycles. The number of aromatic hydroxyl groups is 1. The average molecular weight is 473 g/mol. The molecule has 1 fully saturated rings. The first-order chi connectivity index (χ1) is 16.7. The maximum atomic E-state index is 13.2. The number of anilines is 2. The van der Waals surface area contributed by atoms with Crippen LogP contribution < -0.4 is 10.2 Å². The van der Waals surface area contributed by atoms with E-state index >= 15 is 0 Å². The van der Waals surface area contributed by atoms with Crippen LogP contribution in [0.5, 0.6) is 5.75 Å². The van der Waals surface area contributed by atoms with Crippen molar-refractivity contribution in [3.05, 3.63) is 77.9 Å². The van der Waals surface area contributed by atoms with Crippen LogP contribution in [0.4, 0.5) is 11.4 Å². The number of phenols is 1. The quantitative estimate of drug-likeness (QED) is 0.429. The highest BCUT2D eigenvalue weighted by Gasteiger charge is 2.23. The third-order valence-corrected chi connectivity index (χ3v) is 5.94. The van der Waals surface area contributed by atoms with Gasteiger partial charge in [-0.1, -0.05) is 36.4 Å². The predicted octanol–water partition coefficient (Wildman–Crippen LogP) is 6.26. The Morgan fingerprint density at radius 3 is 2.20 bits per heavy atom. The molecule has 0 aliphatic carbocycles. The Morgan fingerprint density at radius 1 is 0.857 bits per heavy atom. The van der Waals surface area contributed by atoms with E-state index in [0.717, 1.165) is 42.7 Å². The van der Waals surface area contributed by atoms with Crippen molar-refractivity contribution >= 4 is 23.3 Å². The zero-order valence-electron chi connectivity index (χ0n) is 20.5. The highest BCUT2D eigenvalue weighted by Crippen LogP contribution is 2.30. The summed E-state index contributed by atoms with van der Waals surface area (Å²) in [7, 11) is 0. The third-order valence-electron chi connectivity index (χ3n) is 5.94. The molecule has 3 aromatic rings. The van der Waals surface area contributed by atoms with Crippen LogP contribution in [-0.2, 0) is 4.74 Å². The minimum Gasteiger partial charge on any atom is -0.507 e. The molecule has 4 rings (SSSR count). The van der Waals surface area contributed by atoms with Gasteiger partial charge in [0.05, 0.1) is 16.8 Å². The zero-order valence-corrected chi connectivity index (χ0v) is 20.5. The van der Waals surface area contributed by atoms with Gasteiger partial charge in [-0.2, -0.15) is 0 Å². The lowest BCUT2D eigenvalue weighted by Crippen LogP contribution is -2.29.